The van der Waals surface area contributed by atoms with Crippen LogP contribution in [0.5, 0.6) is 5.75 Å². The fraction of sp³-hybridized carbons (Fsp3) is 0.250. The van der Waals surface area contributed by atoms with Gasteiger partial charge in [0.1, 0.15) is 24.2 Å². The molecular weight excluding hydrogens is 234 g/mol. The first-order valence-corrected chi connectivity index (χ1v) is 5.54. The summed E-state index contributed by atoms with van der Waals surface area (Å²) in [5.41, 5.74) is 0.139. The van der Waals surface area contributed by atoms with Gasteiger partial charge in [-0.05, 0) is 19.1 Å². The Morgan fingerprint density at radius 2 is 2.22 bits per heavy atom. The zero-order valence-corrected chi connectivity index (χ0v) is 9.91. The van der Waals surface area contributed by atoms with Crippen LogP contribution in [0.4, 0.5) is 0 Å². The van der Waals surface area contributed by atoms with E-state index in [9.17, 15) is 4.79 Å². The van der Waals surface area contributed by atoms with Gasteiger partial charge in [0.15, 0.2) is 5.82 Å². The van der Waals surface area contributed by atoms with Crippen LogP contribution in [-0.4, -0.2) is 25.8 Å². The van der Waals surface area contributed by atoms with E-state index in [4.69, 9.17) is 9.84 Å². The van der Waals surface area contributed by atoms with Gasteiger partial charge < -0.3 is 9.84 Å². The van der Waals surface area contributed by atoms with Crippen LogP contribution in [0.25, 0.3) is 0 Å². The Balaban J connectivity index is 2.13. The minimum Gasteiger partial charge on any atom is -0.485 e. The number of rotatable bonds is 5. The van der Waals surface area contributed by atoms with E-state index in [1.807, 2.05) is 6.92 Å². The predicted octanol–water partition coefficient (Wildman–Crippen LogP) is 1.58. The molecule has 2 rings (SSSR count). The lowest BCUT2D eigenvalue weighted by atomic mass is 10.2. The lowest BCUT2D eigenvalue weighted by molar-refractivity contribution is 0.0691. The van der Waals surface area contributed by atoms with Gasteiger partial charge in [0.05, 0.1) is 0 Å². The van der Waals surface area contributed by atoms with Crippen molar-refractivity contribution in [3.05, 3.63) is 42.0 Å². The van der Waals surface area contributed by atoms with Gasteiger partial charge in [-0.25, -0.2) is 14.5 Å². The maximum atomic E-state index is 11.0. The molecule has 0 radical (unpaired) electrons. The van der Waals surface area contributed by atoms with Gasteiger partial charge in [-0.15, -0.1) is 0 Å². The molecule has 1 aromatic heterocycles. The summed E-state index contributed by atoms with van der Waals surface area (Å²) in [5.74, 6) is -0.0177. The fourth-order valence-corrected chi connectivity index (χ4v) is 1.58. The summed E-state index contributed by atoms with van der Waals surface area (Å²) in [6.45, 7) is 2.83. The van der Waals surface area contributed by atoms with Gasteiger partial charge in [-0.3, -0.25) is 0 Å². The highest BCUT2D eigenvalue weighted by atomic mass is 16.5. The monoisotopic (exact) mass is 247 g/mol. The van der Waals surface area contributed by atoms with E-state index in [2.05, 4.69) is 10.1 Å². The van der Waals surface area contributed by atoms with Crippen LogP contribution >= 0.6 is 0 Å². The SMILES string of the molecule is CCn1ncnc1COc1ccccc1C(=O)O. The normalized spacial score (nSPS) is 10.3. The van der Waals surface area contributed by atoms with Crippen LogP contribution in [0.15, 0.2) is 30.6 Å². The Morgan fingerprint density at radius 3 is 2.94 bits per heavy atom. The highest BCUT2D eigenvalue weighted by Crippen LogP contribution is 2.18. The van der Waals surface area contributed by atoms with Crippen molar-refractivity contribution < 1.29 is 14.6 Å². The van der Waals surface area contributed by atoms with E-state index in [0.29, 0.717) is 18.1 Å². The first-order valence-electron chi connectivity index (χ1n) is 5.54. The van der Waals surface area contributed by atoms with Gasteiger partial charge in [0.25, 0.3) is 0 Å². The zero-order chi connectivity index (χ0) is 13.0. The number of hydrogen-bond donors (Lipinski definition) is 1. The third kappa shape index (κ3) is 2.48. The quantitative estimate of drug-likeness (QED) is 0.867. The number of aromatic nitrogens is 3. The maximum Gasteiger partial charge on any atom is 0.339 e. The van der Waals surface area contributed by atoms with Crippen LogP contribution in [0, 0.1) is 0 Å². The number of benzene rings is 1. The number of carboxylic acids is 1. The average Bonchev–Trinajstić information content (AvgIpc) is 2.84. The lowest BCUT2D eigenvalue weighted by Gasteiger charge is -2.08. The third-order valence-corrected chi connectivity index (χ3v) is 2.47. The summed E-state index contributed by atoms with van der Waals surface area (Å²) in [4.78, 5) is 15.0. The van der Waals surface area contributed by atoms with Gasteiger partial charge in [0.2, 0.25) is 0 Å². The molecule has 6 nitrogen and oxygen atoms in total. The molecule has 0 aliphatic carbocycles. The number of carbonyl (C=O) groups is 1. The van der Waals surface area contributed by atoms with Crippen LogP contribution in [0.2, 0.25) is 0 Å². The largest absolute Gasteiger partial charge is 0.485 e. The summed E-state index contributed by atoms with van der Waals surface area (Å²) in [6, 6.07) is 6.51. The maximum absolute atomic E-state index is 11.0. The van der Waals surface area contributed by atoms with Crippen LogP contribution in [0.3, 0.4) is 0 Å². The number of para-hydroxylation sites is 1. The van der Waals surface area contributed by atoms with E-state index < -0.39 is 5.97 Å². The molecule has 1 heterocycles. The first-order chi connectivity index (χ1) is 8.72. The van der Waals surface area contributed by atoms with E-state index in [1.54, 1.807) is 22.9 Å². The van der Waals surface area contributed by atoms with Crippen molar-refractivity contribution in [3.8, 4) is 5.75 Å². The van der Waals surface area contributed by atoms with E-state index >= 15 is 0 Å². The van der Waals surface area contributed by atoms with Gasteiger partial charge >= 0.3 is 5.97 Å². The average molecular weight is 247 g/mol. The number of carboxylic acid groups (broad SMARTS) is 1. The molecule has 0 bridgehead atoms. The van der Waals surface area contributed by atoms with Crippen molar-refractivity contribution >= 4 is 5.97 Å². The van der Waals surface area contributed by atoms with Crippen LogP contribution in [-0.2, 0) is 13.2 Å². The molecule has 0 spiro atoms. The molecule has 0 amide bonds. The second kappa shape index (κ2) is 5.31. The molecule has 94 valence electrons. The van der Waals surface area contributed by atoms with Crippen molar-refractivity contribution in [2.24, 2.45) is 0 Å². The number of nitrogens with zero attached hydrogens (tertiary/aromatic N) is 3. The molecule has 18 heavy (non-hydrogen) atoms. The molecular formula is C12H13N3O3. The summed E-state index contributed by atoms with van der Waals surface area (Å²) in [5, 5.41) is 13.0. The topological polar surface area (TPSA) is 77.2 Å². The van der Waals surface area contributed by atoms with E-state index in [-0.39, 0.29) is 12.2 Å². The zero-order valence-electron chi connectivity index (χ0n) is 9.91. The predicted molar refractivity (Wildman–Crippen MR) is 63.4 cm³/mol. The summed E-state index contributed by atoms with van der Waals surface area (Å²) in [6.07, 6.45) is 1.45. The fourth-order valence-electron chi connectivity index (χ4n) is 1.58. The molecule has 0 aliphatic rings. The molecule has 0 saturated heterocycles. The first kappa shape index (κ1) is 12.1. The second-order valence-corrected chi connectivity index (χ2v) is 3.58. The van der Waals surface area contributed by atoms with Crippen LogP contribution < -0.4 is 4.74 Å². The van der Waals surface area contributed by atoms with Crippen molar-refractivity contribution in [1.29, 1.82) is 0 Å². The molecule has 0 fully saturated rings. The Kier molecular flexibility index (Phi) is 3.57. The highest BCUT2D eigenvalue weighted by molar-refractivity contribution is 5.90. The second-order valence-electron chi connectivity index (χ2n) is 3.58. The molecule has 0 unspecified atom stereocenters. The summed E-state index contributed by atoms with van der Waals surface area (Å²) >= 11 is 0. The molecule has 1 N–H and O–H groups in total. The van der Waals surface area contributed by atoms with Gasteiger partial charge in [-0.2, -0.15) is 5.10 Å². The Hall–Kier alpha value is -2.37. The molecule has 1 aromatic carbocycles. The molecule has 0 atom stereocenters. The van der Waals surface area contributed by atoms with E-state index in [0.717, 1.165) is 0 Å². The van der Waals surface area contributed by atoms with Crippen molar-refractivity contribution in [1.82, 2.24) is 14.8 Å². The number of aryl methyl sites for hydroxylation is 1. The third-order valence-electron chi connectivity index (χ3n) is 2.47. The van der Waals surface area contributed by atoms with Gasteiger partial charge in [0, 0.05) is 6.54 Å². The number of ether oxygens (including phenoxy) is 1. The minimum atomic E-state index is -1.01. The molecule has 0 saturated carbocycles. The molecule has 2 aromatic rings. The summed E-state index contributed by atoms with van der Waals surface area (Å²) in [7, 11) is 0. The molecule has 6 heteroatoms. The Morgan fingerprint density at radius 1 is 1.44 bits per heavy atom. The van der Waals surface area contributed by atoms with Crippen molar-refractivity contribution in [2.45, 2.75) is 20.1 Å². The smallest absolute Gasteiger partial charge is 0.339 e. The van der Waals surface area contributed by atoms with Crippen molar-refractivity contribution in [2.75, 3.05) is 0 Å². The van der Waals surface area contributed by atoms with Gasteiger partial charge in [-0.1, -0.05) is 12.1 Å². The Bertz CT molecular complexity index is 551. The summed E-state index contributed by atoms with van der Waals surface area (Å²) < 4.78 is 7.18. The van der Waals surface area contributed by atoms with Crippen LogP contribution in [0.1, 0.15) is 23.1 Å². The number of aromatic carboxylic acids is 1. The van der Waals surface area contributed by atoms with Crippen molar-refractivity contribution in [3.63, 3.8) is 0 Å². The minimum absolute atomic E-state index is 0.139. The lowest BCUT2D eigenvalue weighted by Crippen LogP contribution is -2.09. The highest BCUT2D eigenvalue weighted by Gasteiger charge is 2.11. The Labute approximate surface area is 104 Å². The standard InChI is InChI=1S/C12H13N3O3/c1-2-15-11(13-8-14-15)7-18-10-6-4-3-5-9(10)12(16)17/h3-6,8H,2,7H2,1H3,(H,16,17). The number of hydrogen-bond acceptors (Lipinski definition) is 4. The molecule has 0 aliphatic heterocycles. The van der Waals surface area contributed by atoms with E-state index in [1.165, 1.54) is 12.4 Å².